The van der Waals surface area contributed by atoms with Crippen LogP contribution in [0.5, 0.6) is 5.75 Å². The van der Waals surface area contributed by atoms with E-state index in [1.54, 1.807) is 71.4 Å². The summed E-state index contributed by atoms with van der Waals surface area (Å²) in [5, 5.41) is 11.5. The largest absolute Gasteiger partial charge is 0.496 e. The van der Waals surface area contributed by atoms with Crippen molar-refractivity contribution in [1.29, 1.82) is 0 Å². The number of ether oxygens (including phenoxy) is 6. The summed E-state index contributed by atoms with van der Waals surface area (Å²) >= 11 is 0. The number of esters is 1. The van der Waals surface area contributed by atoms with Gasteiger partial charge in [0.15, 0.2) is 17.7 Å². The van der Waals surface area contributed by atoms with E-state index in [0.717, 1.165) is 5.56 Å². The van der Waals surface area contributed by atoms with Crippen LogP contribution >= 0.6 is 0 Å². The van der Waals surface area contributed by atoms with Crippen LogP contribution in [0.25, 0.3) is 11.3 Å². The first-order chi connectivity index (χ1) is 28.9. The number of cyclic esters (lactones) is 1. The lowest BCUT2D eigenvalue weighted by Crippen LogP contribution is -2.60. The summed E-state index contributed by atoms with van der Waals surface area (Å²) in [6, 6.07) is 0.572. The Morgan fingerprint density at radius 2 is 1.75 bits per heavy atom. The molecule has 16 heteroatoms. The molecule has 3 saturated heterocycles. The lowest BCUT2D eigenvalue weighted by Gasteiger charge is -2.47. The molecule has 0 spiro atoms. The van der Waals surface area contributed by atoms with Gasteiger partial charge in [-0.1, -0.05) is 34.3 Å². The highest BCUT2D eigenvalue weighted by Gasteiger charge is 2.61. The molecule has 16 nitrogen and oxygen atoms in total. The van der Waals surface area contributed by atoms with Crippen molar-refractivity contribution < 1.29 is 52.7 Å². The maximum atomic E-state index is 14.8. The number of methoxy groups -OCH3 is 2. The van der Waals surface area contributed by atoms with Crippen LogP contribution in [0.15, 0.2) is 43.6 Å². The highest BCUT2D eigenvalue weighted by atomic mass is 16.7. The number of fused-ring (bicyclic) bond motifs is 1. The van der Waals surface area contributed by atoms with Gasteiger partial charge in [-0.3, -0.25) is 24.3 Å². The van der Waals surface area contributed by atoms with Crippen molar-refractivity contribution in [3.63, 3.8) is 0 Å². The number of amides is 1. The fourth-order valence-corrected chi connectivity index (χ4v) is 9.63. The lowest BCUT2D eigenvalue weighted by atomic mass is 9.72. The maximum absolute atomic E-state index is 14.8. The number of aliphatic hydroxyl groups is 1. The molecule has 61 heavy (non-hydrogen) atoms. The number of Topliss-reactive ketones (excluding diaryl/α,β-unsaturated/α-hetero) is 2. The van der Waals surface area contributed by atoms with E-state index in [4.69, 9.17) is 28.4 Å². The van der Waals surface area contributed by atoms with Gasteiger partial charge in [0.05, 0.1) is 48.5 Å². The fraction of sp³-hybridized carbons (Fsp3) is 0.689. The maximum Gasteiger partial charge on any atom is 0.411 e. The molecule has 3 fully saturated rings. The monoisotopic (exact) mass is 853 g/mol. The number of hydrogen-bond donors (Lipinski definition) is 1. The van der Waals surface area contributed by atoms with Gasteiger partial charge in [0.1, 0.15) is 29.7 Å². The van der Waals surface area contributed by atoms with Gasteiger partial charge < -0.3 is 43.0 Å². The highest BCUT2D eigenvalue weighted by molar-refractivity contribution is 6.00. The van der Waals surface area contributed by atoms with Gasteiger partial charge in [0.2, 0.25) is 0 Å². The smallest absolute Gasteiger partial charge is 0.411 e. The minimum absolute atomic E-state index is 0.0981. The lowest BCUT2D eigenvalue weighted by molar-refractivity contribution is -0.295. The van der Waals surface area contributed by atoms with Crippen molar-refractivity contribution in [3.05, 3.63) is 43.6 Å². The minimum atomic E-state index is -1.61. The van der Waals surface area contributed by atoms with Crippen molar-refractivity contribution in [2.75, 3.05) is 34.9 Å². The Hall–Kier alpha value is -4.22. The van der Waals surface area contributed by atoms with Crippen molar-refractivity contribution in [2.45, 2.75) is 141 Å². The summed E-state index contributed by atoms with van der Waals surface area (Å²) < 4.78 is 38.7. The molecule has 3 aliphatic rings. The van der Waals surface area contributed by atoms with E-state index >= 15 is 0 Å². The normalized spacial score (nSPS) is 35.4. The molecule has 338 valence electrons. The van der Waals surface area contributed by atoms with Crippen LogP contribution in [0.3, 0.4) is 0 Å². The van der Waals surface area contributed by atoms with Gasteiger partial charge in [-0.2, -0.15) is 0 Å². The molecule has 2 aromatic heterocycles. The zero-order valence-electron chi connectivity index (χ0n) is 37.7. The first-order valence-corrected chi connectivity index (χ1v) is 21.5. The first kappa shape index (κ1) is 47.8. The third kappa shape index (κ3) is 9.73. The molecule has 1 unspecified atom stereocenters. The standard InChI is InChI=1S/C45H67N5O11/c1-13-35-45(14-2)39(50(43(55)61-45)20-16-15-19-49-24-32(47-25-49)31-23-46-18-17-34(31)56-11)28(5)36(51)26(3)22-44(8,57-12)40(29(6)37(52)30(7)41(54)59-35)60-42-38(53)33(48(9)10)21-27(4)58-42/h14,17-18,23-30,33,35,38-40,42,53H,2,13,15-16,19-22H2,1,3-12H3/t26-,27-,28-,29+,30-,33+,35+,38-,39+,40-,42?,44+,45-/m1/s1. The average molecular weight is 854 g/mol. The van der Waals surface area contributed by atoms with Gasteiger partial charge >= 0.3 is 12.1 Å². The first-order valence-electron chi connectivity index (χ1n) is 21.5. The molecule has 5 heterocycles. The van der Waals surface area contributed by atoms with E-state index in [1.165, 1.54) is 20.1 Å². The number of likely N-dealkylation sites (N-methyl/N-ethyl adjacent to an activating group) is 1. The molecule has 1 amide bonds. The summed E-state index contributed by atoms with van der Waals surface area (Å²) in [6.45, 7) is 17.0. The summed E-state index contributed by atoms with van der Waals surface area (Å²) in [5.74, 6) is -4.60. The number of imidazole rings is 1. The van der Waals surface area contributed by atoms with E-state index in [9.17, 15) is 24.3 Å². The van der Waals surface area contributed by atoms with Crippen LogP contribution in [-0.4, -0.2) is 142 Å². The molecule has 1 N–H and O–H groups in total. The average Bonchev–Trinajstić information content (AvgIpc) is 3.84. The molecule has 13 atom stereocenters. The predicted molar refractivity (Wildman–Crippen MR) is 225 cm³/mol. The molecule has 5 rings (SSSR count). The van der Waals surface area contributed by atoms with Gasteiger partial charge in [-0.15, -0.1) is 0 Å². The van der Waals surface area contributed by atoms with Crippen LogP contribution < -0.4 is 4.74 Å². The van der Waals surface area contributed by atoms with E-state index < -0.39 is 83.4 Å². The number of rotatable bonds is 13. The zero-order valence-corrected chi connectivity index (χ0v) is 37.7. The minimum Gasteiger partial charge on any atom is -0.496 e. The number of carbonyl (C=O) groups excluding carboxylic acids is 4. The number of unbranched alkanes of at least 4 members (excludes halogenated alkanes) is 1. The van der Waals surface area contributed by atoms with E-state index in [0.29, 0.717) is 37.3 Å². The summed E-state index contributed by atoms with van der Waals surface area (Å²) in [5.41, 5.74) is -1.43. The van der Waals surface area contributed by atoms with Crippen molar-refractivity contribution >= 4 is 23.6 Å². The van der Waals surface area contributed by atoms with Crippen molar-refractivity contribution in [1.82, 2.24) is 24.3 Å². The Morgan fingerprint density at radius 3 is 2.39 bits per heavy atom. The van der Waals surface area contributed by atoms with Crippen LogP contribution in [0.2, 0.25) is 0 Å². The Balaban J connectivity index is 1.45. The van der Waals surface area contributed by atoms with Gasteiger partial charge in [-0.25, -0.2) is 9.78 Å². The van der Waals surface area contributed by atoms with Gasteiger partial charge in [-0.05, 0) is 79.1 Å². The van der Waals surface area contributed by atoms with E-state index in [2.05, 4.69) is 16.5 Å². The fourth-order valence-electron chi connectivity index (χ4n) is 9.63. The molecule has 0 aliphatic carbocycles. The molecule has 0 saturated carbocycles. The molecule has 2 aromatic rings. The van der Waals surface area contributed by atoms with Gasteiger partial charge in [0.25, 0.3) is 0 Å². The number of carbonyl (C=O) groups is 4. The summed E-state index contributed by atoms with van der Waals surface area (Å²) in [7, 11) is 6.81. The topological polar surface area (TPSA) is 181 Å². The van der Waals surface area contributed by atoms with Crippen LogP contribution in [0.4, 0.5) is 4.79 Å². The molecule has 0 bridgehead atoms. The van der Waals surface area contributed by atoms with Crippen molar-refractivity contribution in [2.24, 2.45) is 23.7 Å². The van der Waals surface area contributed by atoms with Crippen molar-refractivity contribution in [3.8, 4) is 17.0 Å². The highest BCUT2D eigenvalue weighted by Crippen LogP contribution is 2.44. The summed E-state index contributed by atoms with van der Waals surface area (Å²) in [6.07, 6.45) is 5.24. The Kier molecular flexibility index (Phi) is 15.6. The number of aliphatic hydroxyl groups excluding tert-OH is 1. The van der Waals surface area contributed by atoms with E-state index in [1.807, 2.05) is 36.7 Å². The number of nitrogens with zero attached hydrogens (tertiary/aromatic N) is 5. The molecule has 0 radical (unpaired) electrons. The molecule has 3 aliphatic heterocycles. The SMILES string of the molecule is C=C[C@]12OC(=O)N(CCCCn3cnc(-c4cnccc4OC)c3)[C@H]1[C@H](C)C(=O)[C@H](C)C[C@](C)(OC)[C@H](OC1O[C@H](C)C[C@H](N(C)C)[C@H]1O)[C@@H](C)C(=O)[C@@H](C)C(=O)O[C@H]2CC. The second-order valence-electron chi connectivity index (χ2n) is 17.5. The third-order valence-corrected chi connectivity index (χ3v) is 13.2. The molecule has 0 aromatic carbocycles. The molecular weight excluding hydrogens is 787 g/mol. The van der Waals surface area contributed by atoms with Crippen LogP contribution in [0.1, 0.15) is 80.6 Å². The second-order valence-corrected chi connectivity index (χ2v) is 17.5. The third-order valence-electron chi connectivity index (χ3n) is 13.2. The van der Waals surface area contributed by atoms with Gasteiger partial charge in [0, 0.05) is 62.6 Å². The predicted octanol–water partition coefficient (Wildman–Crippen LogP) is 5.10. The Bertz CT molecular complexity index is 1870. The van der Waals surface area contributed by atoms with E-state index in [-0.39, 0.29) is 37.3 Å². The quantitative estimate of drug-likeness (QED) is 0.122. The Labute approximate surface area is 360 Å². The number of ketones is 2. The number of pyridine rings is 1. The Morgan fingerprint density at radius 1 is 1.05 bits per heavy atom. The number of aryl methyl sites for hydroxylation is 1. The second kappa shape index (κ2) is 19.9. The number of hydrogen-bond acceptors (Lipinski definition) is 14. The van der Waals surface area contributed by atoms with Crippen LogP contribution in [-0.2, 0) is 44.6 Å². The summed E-state index contributed by atoms with van der Waals surface area (Å²) in [4.78, 5) is 69.5. The number of aromatic nitrogens is 3. The van der Waals surface area contributed by atoms with Crippen LogP contribution in [0, 0.1) is 23.7 Å². The zero-order chi connectivity index (χ0) is 45.0. The molecular formula is C45H67N5O11.